The summed E-state index contributed by atoms with van der Waals surface area (Å²) in [5, 5.41) is 3.93. The molecule has 3 rings (SSSR count). The van der Waals surface area contributed by atoms with E-state index >= 15 is 0 Å². The first-order chi connectivity index (χ1) is 9.75. The van der Waals surface area contributed by atoms with Gasteiger partial charge in [0, 0.05) is 18.1 Å². The highest BCUT2D eigenvalue weighted by molar-refractivity contribution is 6.02. The van der Waals surface area contributed by atoms with Gasteiger partial charge in [-0.3, -0.25) is 14.7 Å². The molecule has 0 aliphatic carbocycles. The topological polar surface area (TPSA) is 54.5 Å². The molecule has 0 bridgehead atoms. The van der Waals surface area contributed by atoms with Crippen LogP contribution in [0, 0.1) is 0 Å². The monoisotopic (exact) mass is 271 g/mol. The Balaban J connectivity index is 1.84. The Morgan fingerprint density at radius 2 is 2.30 bits per heavy atom. The zero-order valence-corrected chi connectivity index (χ0v) is 11.4. The number of likely N-dealkylation sites (N-methyl/N-ethyl adjacent to an activating group) is 1. The lowest BCUT2D eigenvalue weighted by Crippen LogP contribution is -2.49. The molecule has 1 aromatic carbocycles. The lowest BCUT2D eigenvalue weighted by Gasteiger charge is -2.31. The highest BCUT2D eigenvalue weighted by atomic mass is 16.5. The van der Waals surface area contributed by atoms with Crippen molar-refractivity contribution in [3.63, 3.8) is 0 Å². The SMILES string of the molecule is CN1CCOCC1C(=O)Nc1cccc2ncccc12. The quantitative estimate of drug-likeness (QED) is 0.899. The summed E-state index contributed by atoms with van der Waals surface area (Å²) in [7, 11) is 1.94. The number of aromatic nitrogens is 1. The molecule has 2 heterocycles. The van der Waals surface area contributed by atoms with E-state index in [1.165, 1.54) is 0 Å². The molecule has 1 unspecified atom stereocenters. The molecule has 1 aromatic heterocycles. The summed E-state index contributed by atoms with van der Waals surface area (Å²) in [4.78, 5) is 18.7. The number of hydrogen-bond donors (Lipinski definition) is 1. The van der Waals surface area contributed by atoms with Crippen LogP contribution in [0.3, 0.4) is 0 Å². The molecule has 5 nitrogen and oxygen atoms in total. The van der Waals surface area contributed by atoms with Gasteiger partial charge in [-0.25, -0.2) is 0 Å². The van der Waals surface area contributed by atoms with Crippen molar-refractivity contribution < 1.29 is 9.53 Å². The van der Waals surface area contributed by atoms with Gasteiger partial charge in [0.2, 0.25) is 5.91 Å². The molecule has 0 saturated carbocycles. The zero-order valence-electron chi connectivity index (χ0n) is 11.4. The summed E-state index contributed by atoms with van der Waals surface area (Å²) in [6.45, 7) is 1.89. The minimum Gasteiger partial charge on any atom is -0.378 e. The second-order valence-electron chi connectivity index (χ2n) is 4.94. The maximum Gasteiger partial charge on any atom is 0.244 e. The number of nitrogens with zero attached hydrogens (tertiary/aromatic N) is 2. The van der Waals surface area contributed by atoms with Crippen molar-refractivity contribution in [3.8, 4) is 0 Å². The van der Waals surface area contributed by atoms with Crippen LogP contribution in [0.25, 0.3) is 10.9 Å². The van der Waals surface area contributed by atoms with Gasteiger partial charge in [-0.05, 0) is 31.3 Å². The lowest BCUT2D eigenvalue weighted by molar-refractivity contribution is -0.126. The second kappa shape index (κ2) is 5.56. The van der Waals surface area contributed by atoms with E-state index < -0.39 is 0 Å². The van der Waals surface area contributed by atoms with Gasteiger partial charge < -0.3 is 10.1 Å². The van der Waals surface area contributed by atoms with Gasteiger partial charge in [-0.15, -0.1) is 0 Å². The maximum absolute atomic E-state index is 12.4. The molecule has 1 saturated heterocycles. The van der Waals surface area contributed by atoms with E-state index in [4.69, 9.17) is 4.74 Å². The number of amides is 1. The highest BCUT2D eigenvalue weighted by Crippen LogP contribution is 2.21. The standard InChI is InChI=1S/C15H17N3O2/c1-18-8-9-20-10-14(18)15(19)17-13-6-2-5-12-11(13)4-3-7-16-12/h2-7,14H,8-10H2,1H3,(H,17,19). The fourth-order valence-electron chi connectivity index (χ4n) is 2.39. The van der Waals surface area contributed by atoms with Crippen molar-refractivity contribution >= 4 is 22.5 Å². The van der Waals surface area contributed by atoms with E-state index in [2.05, 4.69) is 10.3 Å². The summed E-state index contributed by atoms with van der Waals surface area (Å²) in [6.07, 6.45) is 1.75. The Morgan fingerprint density at radius 1 is 1.40 bits per heavy atom. The molecule has 104 valence electrons. The van der Waals surface area contributed by atoms with E-state index in [9.17, 15) is 4.79 Å². The summed E-state index contributed by atoms with van der Waals surface area (Å²) < 4.78 is 5.38. The summed E-state index contributed by atoms with van der Waals surface area (Å²) in [5.41, 5.74) is 1.66. The van der Waals surface area contributed by atoms with Crippen molar-refractivity contribution in [2.75, 3.05) is 32.1 Å². The smallest absolute Gasteiger partial charge is 0.244 e. The van der Waals surface area contributed by atoms with Crippen molar-refractivity contribution in [2.45, 2.75) is 6.04 Å². The van der Waals surface area contributed by atoms with Gasteiger partial charge >= 0.3 is 0 Å². The van der Waals surface area contributed by atoms with E-state index in [1.807, 2.05) is 42.3 Å². The molecule has 1 atom stereocenters. The van der Waals surface area contributed by atoms with Crippen LogP contribution in [0.5, 0.6) is 0 Å². The molecule has 2 aromatic rings. The van der Waals surface area contributed by atoms with Crippen LogP contribution in [-0.4, -0.2) is 48.6 Å². The summed E-state index contributed by atoms with van der Waals surface area (Å²) in [6, 6.07) is 9.31. The van der Waals surface area contributed by atoms with Crippen LogP contribution >= 0.6 is 0 Å². The third-order valence-corrected chi connectivity index (χ3v) is 3.60. The van der Waals surface area contributed by atoms with Gasteiger partial charge in [-0.2, -0.15) is 0 Å². The number of ether oxygens (including phenoxy) is 1. The Bertz CT molecular complexity index is 624. The van der Waals surface area contributed by atoms with E-state index in [-0.39, 0.29) is 11.9 Å². The molecule has 1 amide bonds. The van der Waals surface area contributed by atoms with Crippen LogP contribution in [0.4, 0.5) is 5.69 Å². The number of fused-ring (bicyclic) bond motifs is 1. The number of anilines is 1. The maximum atomic E-state index is 12.4. The number of benzene rings is 1. The first-order valence-electron chi connectivity index (χ1n) is 6.68. The van der Waals surface area contributed by atoms with Crippen LogP contribution in [0.15, 0.2) is 36.5 Å². The van der Waals surface area contributed by atoms with E-state index in [1.54, 1.807) is 6.20 Å². The number of pyridine rings is 1. The Morgan fingerprint density at radius 3 is 3.15 bits per heavy atom. The molecular formula is C15H17N3O2. The fraction of sp³-hybridized carbons (Fsp3) is 0.333. The molecule has 1 fully saturated rings. The van der Waals surface area contributed by atoms with Crippen molar-refractivity contribution in [2.24, 2.45) is 0 Å². The highest BCUT2D eigenvalue weighted by Gasteiger charge is 2.26. The van der Waals surface area contributed by atoms with Gasteiger partial charge in [0.25, 0.3) is 0 Å². The number of nitrogens with one attached hydrogen (secondary N) is 1. The number of morpholine rings is 1. The second-order valence-corrected chi connectivity index (χ2v) is 4.94. The molecule has 1 aliphatic heterocycles. The zero-order chi connectivity index (χ0) is 13.9. The van der Waals surface area contributed by atoms with Crippen molar-refractivity contribution in [1.29, 1.82) is 0 Å². The predicted molar refractivity (Wildman–Crippen MR) is 77.6 cm³/mol. The molecule has 5 heteroatoms. The van der Waals surface area contributed by atoms with E-state index in [0.29, 0.717) is 13.2 Å². The third kappa shape index (κ3) is 2.50. The number of hydrogen-bond acceptors (Lipinski definition) is 4. The molecule has 1 N–H and O–H groups in total. The Hall–Kier alpha value is -1.98. The summed E-state index contributed by atoms with van der Waals surface area (Å²) >= 11 is 0. The van der Waals surface area contributed by atoms with Crippen LogP contribution in [-0.2, 0) is 9.53 Å². The number of carbonyl (C=O) groups is 1. The van der Waals surface area contributed by atoms with Gasteiger partial charge in [-0.1, -0.05) is 6.07 Å². The van der Waals surface area contributed by atoms with Gasteiger partial charge in [0.05, 0.1) is 24.4 Å². The largest absolute Gasteiger partial charge is 0.378 e. The van der Waals surface area contributed by atoms with Gasteiger partial charge in [0.15, 0.2) is 0 Å². The Labute approximate surface area is 117 Å². The summed E-state index contributed by atoms with van der Waals surface area (Å²) in [5.74, 6) is -0.0384. The molecule has 20 heavy (non-hydrogen) atoms. The van der Waals surface area contributed by atoms with E-state index in [0.717, 1.165) is 23.1 Å². The van der Waals surface area contributed by atoms with Crippen LogP contribution < -0.4 is 5.32 Å². The molecular weight excluding hydrogens is 254 g/mol. The minimum atomic E-state index is -0.240. The lowest BCUT2D eigenvalue weighted by atomic mass is 10.1. The van der Waals surface area contributed by atoms with Gasteiger partial charge in [0.1, 0.15) is 6.04 Å². The fourth-order valence-corrected chi connectivity index (χ4v) is 2.39. The average Bonchev–Trinajstić information content (AvgIpc) is 2.48. The molecule has 1 aliphatic rings. The number of rotatable bonds is 2. The minimum absolute atomic E-state index is 0.0384. The molecule has 0 spiro atoms. The van der Waals surface area contributed by atoms with Crippen LogP contribution in [0.2, 0.25) is 0 Å². The van der Waals surface area contributed by atoms with Crippen LogP contribution in [0.1, 0.15) is 0 Å². The first kappa shape index (κ1) is 13.0. The number of carbonyl (C=O) groups excluding carboxylic acids is 1. The average molecular weight is 271 g/mol. The third-order valence-electron chi connectivity index (χ3n) is 3.60. The Kier molecular flexibility index (Phi) is 3.62. The van der Waals surface area contributed by atoms with Crippen molar-refractivity contribution in [3.05, 3.63) is 36.5 Å². The van der Waals surface area contributed by atoms with Crippen molar-refractivity contribution in [1.82, 2.24) is 9.88 Å². The predicted octanol–water partition coefficient (Wildman–Crippen LogP) is 1.50. The normalized spacial score (nSPS) is 19.9. The first-order valence-corrected chi connectivity index (χ1v) is 6.68. The molecule has 0 radical (unpaired) electrons.